The Balaban J connectivity index is 1.45. The molecular formula is C29H22ClN3O6S2. The van der Waals surface area contributed by atoms with Crippen molar-refractivity contribution in [3.8, 4) is 11.8 Å². The lowest BCUT2D eigenvalue weighted by molar-refractivity contribution is -0.112. The number of nitrogens with one attached hydrogen (secondary N) is 2. The minimum Gasteiger partial charge on any atom is -0.379 e. The molecule has 0 aliphatic carbocycles. The van der Waals surface area contributed by atoms with Crippen molar-refractivity contribution in [1.82, 2.24) is 0 Å². The van der Waals surface area contributed by atoms with Gasteiger partial charge in [-0.1, -0.05) is 41.4 Å². The average molecular weight is 608 g/mol. The number of hydrogen-bond donors (Lipinski definition) is 2. The molecule has 2 N–H and O–H groups in total. The smallest absolute Gasteiger partial charge is 0.339 e. The predicted octanol–water partition coefficient (Wildman–Crippen LogP) is 5.76. The number of carbonyl (C=O) groups excluding carboxylic acids is 1. The molecule has 0 heterocycles. The van der Waals surface area contributed by atoms with Gasteiger partial charge in [-0.3, -0.25) is 9.52 Å². The van der Waals surface area contributed by atoms with Gasteiger partial charge in [0.25, 0.3) is 15.9 Å². The molecule has 0 aromatic heterocycles. The quantitative estimate of drug-likeness (QED) is 0.140. The Morgan fingerprint density at radius 3 is 2.10 bits per heavy atom. The number of nitrogens with zero attached hydrogens (tertiary/aromatic N) is 1. The first-order valence-corrected chi connectivity index (χ1v) is 15.1. The van der Waals surface area contributed by atoms with E-state index in [0.717, 1.165) is 5.56 Å². The number of aryl methyl sites for hydroxylation is 1. The van der Waals surface area contributed by atoms with Crippen LogP contribution in [0.1, 0.15) is 11.1 Å². The third-order valence-electron chi connectivity index (χ3n) is 5.57. The first-order valence-electron chi connectivity index (χ1n) is 11.9. The Bertz CT molecular complexity index is 1860. The molecule has 12 heteroatoms. The van der Waals surface area contributed by atoms with Gasteiger partial charge >= 0.3 is 10.1 Å². The van der Waals surface area contributed by atoms with Crippen LogP contribution < -0.4 is 14.2 Å². The topological polar surface area (TPSA) is 142 Å². The number of nitriles is 1. The fourth-order valence-electron chi connectivity index (χ4n) is 3.50. The SMILES string of the molecule is Cc1ccc(NS(=O)(=O)c2ccc(NC(=O)C(C#N)=Cc3cccc(OS(=O)(=O)c4ccc(Cl)cc4)c3)cc2)cc1. The van der Waals surface area contributed by atoms with Crippen LogP contribution in [0.2, 0.25) is 5.02 Å². The summed E-state index contributed by atoms with van der Waals surface area (Å²) in [6.45, 7) is 1.89. The summed E-state index contributed by atoms with van der Waals surface area (Å²) < 4.78 is 58.2. The van der Waals surface area contributed by atoms with Gasteiger partial charge in [0.15, 0.2) is 0 Å². The van der Waals surface area contributed by atoms with E-state index >= 15 is 0 Å². The van der Waals surface area contributed by atoms with Crippen LogP contribution in [0.5, 0.6) is 5.75 Å². The maximum atomic E-state index is 12.8. The molecule has 0 spiro atoms. The lowest BCUT2D eigenvalue weighted by Crippen LogP contribution is -2.15. The number of amides is 1. The van der Waals surface area contributed by atoms with E-state index in [0.29, 0.717) is 16.3 Å². The van der Waals surface area contributed by atoms with Gasteiger partial charge in [0.2, 0.25) is 0 Å². The van der Waals surface area contributed by atoms with Crippen LogP contribution in [0.4, 0.5) is 11.4 Å². The van der Waals surface area contributed by atoms with Gasteiger partial charge < -0.3 is 9.50 Å². The van der Waals surface area contributed by atoms with Crippen LogP contribution in [0.15, 0.2) is 112 Å². The minimum atomic E-state index is -4.14. The highest BCUT2D eigenvalue weighted by molar-refractivity contribution is 7.92. The molecule has 0 saturated heterocycles. The van der Waals surface area contributed by atoms with Crippen LogP contribution in [0, 0.1) is 18.3 Å². The molecule has 0 saturated carbocycles. The maximum absolute atomic E-state index is 12.8. The Labute approximate surface area is 242 Å². The minimum absolute atomic E-state index is 0.0162. The molecule has 4 rings (SSSR count). The summed E-state index contributed by atoms with van der Waals surface area (Å²) in [5.74, 6) is -0.775. The molecule has 4 aromatic carbocycles. The Kier molecular flexibility index (Phi) is 8.78. The Morgan fingerprint density at radius 1 is 0.854 bits per heavy atom. The zero-order valence-electron chi connectivity index (χ0n) is 21.4. The maximum Gasteiger partial charge on any atom is 0.339 e. The van der Waals surface area contributed by atoms with E-state index in [1.807, 2.05) is 13.0 Å². The highest BCUT2D eigenvalue weighted by Crippen LogP contribution is 2.23. The molecule has 0 unspecified atom stereocenters. The number of halogens is 1. The second-order valence-corrected chi connectivity index (χ2v) is 12.3. The van der Waals surface area contributed by atoms with Crippen molar-refractivity contribution in [1.29, 1.82) is 5.26 Å². The second kappa shape index (κ2) is 12.3. The van der Waals surface area contributed by atoms with E-state index in [9.17, 15) is 26.9 Å². The summed E-state index contributed by atoms with van der Waals surface area (Å²) in [5.41, 5.74) is 1.72. The molecule has 4 aromatic rings. The van der Waals surface area contributed by atoms with Crippen molar-refractivity contribution < 1.29 is 25.8 Å². The number of hydrogen-bond acceptors (Lipinski definition) is 7. The van der Waals surface area contributed by atoms with Gasteiger partial charge in [0.05, 0.1) is 4.90 Å². The molecule has 0 aliphatic heterocycles. The molecule has 0 atom stereocenters. The van der Waals surface area contributed by atoms with Gasteiger partial charge in [-0.2, -0.15) is 13.7 Å². The highest BCUT2D eigenvalue weighted by Gasteiger charge is 2.18. The lowest BCUT2D eigenvalue weighted by atomic mass is 10.1. The van der Waals surface area contributed by atoms with E-state index in [1.54, 1.807) is 30.3 Å². The third-order valence-corrected chi connectivity index (χ3v) is 8.48. The van der Waals surface area contributed by atoms with Crippen molar-refractivity contribution in [2.45, 2.75) is 16.7 Å². The predicted molar refractivity (Wildman–Crippen MR) is 156 cm³/mol. The summed E-state index contributed by atoms with van der Waals surface area (Å²) in [4.78, 5) is 12.6. The van der Waals surface area contributed by atoms with Crippen LogP contribution in [0.25, 0.3) is 6.08 Å². The fourth-order valence-corrected chi connectivity index (χ4v) is 5.61. The largest absolute Gasteiger partial charge is 0.379 e. The standard InChI is InChI=1S/C29H22ClN3O6S2/c1-20-5-9-25(10-6-20)33-40(35,36)27-15-11-24(12-16-27)32-29(34)22(19-31)17-21-3-2-4-26(18-21)39-41(37,38)28-13-7-23(30)8-14-28/h2-18,33H,1H3,(H,32,34). The Morgan fingerprint density at radius 2 is 1.46 bits per heavy atom. The van der Waals surface area contributed by atoms with E-state index in [4.69, 9.17) is 15.8 Å². The Hall–Kier alpha value is -4.63. The summed E-state index contributed by atoms with van der Waals surface area (Å²) >= 11 is 5.81. The molecule has 0 radical (unpaired) electrons. The molecule has 0 fully saturated rings. The number of anilines is 2. The first-order chi connectivity index (χ1) is 19.4. The molecular weight excluding hydrogens is 586 g/mol. The second-order valence-electron chi connectivity index (χ2n) is 8.68. The van der Waals surface area contributed by atoms with Crippen molar-refractivity contribution in [3.05, 3.63) is 119 Å². The summed E-state index contributed by atoms with van der Waals surface area (Å²) in [5, 5.41) is 12.5. The molecule has 9 nitrogen and oxygen atoms in total. The number of carbonyl (C=O) groups is 1. The van der Waals surface area contributed by atoms with Crippen LogP contribution in [0.3, 0.4) is 0 Å². The summed E-state index contributed by atoms with van der Waals surface area (Å²) in [6, 6.07) is 25.4. The monoisotopic (exact) mass is 607 g/mol. The van der Waals surface area contributed by atoms with E-state index < -0.39 is 26.0 Å². The summed E-state index contributed by atoms with van der Waals surface area (Å²) in [7, 11) is -8.00. The highest BCUT2D eigenvalue weighted by atomic mass is 35.5. The molecule has 41 heavy (non-hydrogen) atoms. The van der Waals surface area contributed by atoms with E-state index in [1.165, 1.54) is 72.8 Å². The third kappa shape index (κ3) is 7.73. The van der Waals surface area contributed by atoms with E-state index in [2.05, 4.69) is 10.0 Å². The van der Waals surface area contributed by atoms with Gasteiger partial charge in [-0.25, -0.2) is 8.42 Å². The zero-order chi connectivity index (χ0) is 29.6. The number of rotatable bonds is 9. The van der Waals surface area contributed by atoms with Crippen molar-refractivity contribution in [3.63, 3.8) is 0 Å². The lowest BCUT2D eigenvalue weighted by Gasteiger charge is -2.10. The van der Waals surface area contributed by atoms with Gasteiger partial charge in [0, 0.05) is 16.4 Å². The molecule has 208 valence electrons. The first kappa shape index (κ1) is 29.4. The van der Waals surface area contributed by atoms with Crippen molar-refractivity contribution in [2.24, 2.45) is 0 Å². The summed E-state index contributed by atoms with van der Waals surface area (Å²) in [6.07, 6.45) is 1.27. The van der Waals surface area contributed by atoms with Crippen LogP contribution in [-0.4, -0.2) is 22.7 Å². The molecule has 1 amide bonds. The number of sulfonamides is 1. The van der Waals surface area contributed by atoms with E-state index in [-0.39, 0.29) is 26.8 Å². The van der Waals surface area contributed by atoms with Crippen molar-refractivity contribution >= 4 is 55.1 Å². The van der Waals surface area contributed by atoms with Crippen LogP contribution >= 0.6 is 11.6 Å². The number of benzene rings is 4. The van der Waals surface area contributed by atoms with Crippen molar-refractivity contribution in [2.75, 3.05) is 10.0 Å². The van der Waals surface area contributed by atoms with Crippen LogP contribution in [-0.2, 0) is 24.9 Å². The molecule has 0 bridgehead atoms. The van der Waals surface area contributed by atoms with Gasteiger partial charge in [-0.15, -0.1) is 0 Å². The van der Waals surface area contributed by atoms with Gasteiger partial charge in [-0.05, 0) is 91.4 Å². The fraction of sp³-hybridized carbons (Fsp3) is 0.0345. The zero-order valence-corrected chi connectivity index (χ0v) is 23.8. The van der Waals surface area contributed by atoms with Gasteiger partial charge in [0.1, 0.15) is 22.3 Å². The molecule has 0 aliphatic rings. The average Bonchev–Trinajstić information content (AvgIpc) is 2.93. The normalized spacial score (nSPS) is 11.8.